The molecule has 9 amide bonds. The van der Waals surface area contributed by atoms with Crippen LogP contribution >= 0.6 is 31.9 Å². The molecule has 77 heavy (non-hydrogen) atoms. The van der Waals surface area contributed by atoms with E-state index in [4.69, 9.17) is 14.6 Å². The molecular weight excluding hydrogens is 1130 g/mol. The first-order valence-electron chi connectivity index (χ1n) is 24.2. The molecule has 0 radical (unpaired) electrons. The zero-order chi connectivity index (χ0) is 54.1. The average molecular weight is 1200 g/mol. The van der Waals surface area contributed by atoms with Crippen molar-refractivity contribution in [1.82, 2.24) is 30.7 Å². The maximum Gasteiger partial charge on any atom is 0.418 e. The third-order valence-corrected chi connectivity index (χ3v) is 15.6. The van der Waals surface area contributed by atoms with Gasteiger partial charge in [-0.2, -0.15) is 0 Å². The Morgan fingerprint density at radius 2 is 1.16 bits per heavy atom. The highest BCUT2D eigenvalue weighted by Crippen LogP contribution is 2.48. The van der Waals surface area contributed by atoms with Gasteiger partial charge in [0.15, 0.2) is 0 Å². The van der Waals surface area contributed by atoms with Crippen LogP contribution in [0.15, 0.2) is 81.7 Å². The number of hydrogen-bond donors (Lipinski definition) is 6. The van der Waals surface area contributed by atoms with Crippen LogP contribution < -0.4 is 26.6 Å². The van der Waals surface area contributed by atoms with Gasteiger partial charge in [0, 0.05) is 76.5 Å². The number of aliphatic carboxylic acids is 1. The summed E-state index contributed by atoms with van der Waals surface area (Å²) in [6.45, 7) is 2.92. The summed E-state index contributed by atoms with van der Waals surface area (Å²) in [7, 11) is 3.00. The van der Waals surface area contributed by atoms with E-state index in [2.05, 4.69) is 65.4 Å². The Morgan fingerprint density at radius 1 is 0.675 bits per heavy atom. The summed E-state index contributed by atoms with van der Waals surface area (Å²) >= 11 is 6.79. The van der Waals surface area contributed by atoms with E-state index in [0.29, 0.717) is 63.2 Å². The van der Waals surface area contributed by atoms with Gasteiger partial charge in [0.2, 0.25) is 17.1 Å². The molecular formula is C54H62Br2F2N8O11. The normalized spacial score (nSPS) is 23.4. The van der Waals surface area contributed by atoms with Crippen molar-refractivity contribution in [2.24, 2.45) is 0 Å². The summed E-state index contributed by atoms with van der Waals surface area (Å²) in [5.41, 5.74) is 2.74. The molecule has 19 nitrogen and oxygen atoms in total. The number of anilines is 2. The zero-order valence-corrected chi connectivity index (χ0v) is 44.4. The van der Waals surface area contributed by atoms with E-state index in [-0.39, 0.29) is 69.4 Å². The molecule has 23 heteroatoms. The number of carboxylic acids is 1. The number of aryl methyl sites for hydroxylation is 2. The molecule has 0 aromatic heterocycles. The van der Waals surface area contributed by atoms with Crippen LogP contribution in [-0.2, 0) is 52.7 Å². The molecule has 0 bridgehead atoms. The number of carbonyl (C=O) groups excluding carboxylic acids is 7. The number of carboxylic acid groups (broad SMARTS) is 1. The minimum Gasteiger partial charge on any atom is -0.480 e. The number of nitrogens with one attached hydrogen (secondary N) is 5. The van der Waals surface area contributed by atoms with Crippen LogP contribution in [0.3, 0.4) is 0 Å². The molecule has 4 aromatic rings. The van der Waals surface area contributed by atoms with Gasteiger partial charge in [-0.15, -0.1) is 0 Å². The first-order chi connectivity index (χ1) is 35.7. The molecule has 2 spiro atoms. The van der Waals surface area contributed by atoms with E-state index in [1.807, 2.05) is 13.0 Å². The molecule has 6 aliphatic rings. The van der Waals surface area contributed by atoms with Crippen LogP contribution in [0.25, 0.3) is 0 Å². The van der Waals surface area contributed by atoms with Crippen molar-refractivity contribution in [3.05, 3.63) is 127 Å². The second-order valence-electron chi connectivity index (χ2n) is 19.0. The standard InChI is InChI=1S/C26H26BrFN4O5.C15H15N3O6.C11H13BrFN.2CH4/c1-14-3-8-21(18-6-4-16(28)12-20(18)27)32(14)22(33)13-31-23(34)26(37-25(31)36)10-9-15-11-17(5-7-19(15)26)30-24(35)29-2;1-16-13(22)17-9-2-3-10-8(6-9)4-5-15(10)12(21)18(7-11(19)20)14(23)24-15;1-7-2-5-11(14-7)9-4-3-8(13)6-10(9)12;;/h4-7,11-12,14,21H,3,8-10,13H2,1-2H3,(H2,29,30,35);2-3,6H,4-5,7H2,1H3,(H,19,20)(H2,16,17,22);3-4,6-7,11,14H,2,5H2,1H3;2*1H4/t14?,21?,26-;15-;;;/m11.../s1. The lowest BCUT2D eigenvalue weighted by Crippen LogP contribution is -2.46. The van der Waals surface area contributed by atoms with Crippen LogP contribution in [0.2, 0.25) is 0 Å². The number of ether oxygens (including phenoxy) is 2. The average Bonchev–Trinajstić information content (AvgIpc) is 4.33. The monoisotopic (exact) mass is 1190 g/mol. The molecule has 0 saturated carbocycles. The highest BCUT2D eigenvalue weighted by atomic mass is 79.9. The molecule has 10 rings (SSSR count). The summed E-state index contributed by atoms with van der Waals surface area (Å²) in [5.74, 6) is -3.48. The van der Waals surface area contributed by atoms with Gasteiger partial charge in [0.05, 0.1) is 6.04 Å². The first kappa shape index (κ1) is 59.3. The number of amides is 9. The van der Waals surface area contributed by atoms with Gasteiger partial charge >= 0.3 is 30.2 Å². The van der Waals surface area contributed by atoms with Crippen molar-refractivity contribution in [1.29, 1.82) is 0 Å². The minimum absolute atomic E-state index is 0. The van der Waals surface area contributed by atoms with Gasteiger partial charge in [0.1, 0.15) is 24.7 Å². The Hall–Kier alpha value is -6.98. The van der Waals surface area contributed by atoms with E-state index in [1.165, 1.54) is 44.8 Å². The van der Waals surface area contributed by atoms with Gasteiger partial charge in [0.25, 0.3) is 11.8 Å². The van der Waals surface area contributed by atoms with Crippen LogP contribution in [0, 0.1) is 11.6 Å². The maximum atomic E-state index is 13.6. The largest absolute Gasteiger partial charge is 0.480 e. The van der Waals surface area contributed by atoms with E-state index in [9.17, 15) is 47.1 Å². The summed E-state index contributed by atoms with van der Waals surface area (Å²) in [5, 5.41) is 22.5. The molecule has 6 atom stereocenters. The minimum atomic E-state index is -1.48. The predicted molar refractivity (Wildman–Crippen MR) is 288 cm³/mol. The molecule has 4 aromatic carbocycles. The van der Waals surface area contributed by atoms with E-state index in [1.54, 1.807) is 47.4 Å². The molecule has 412 valence electrons. The second-order valence-corrected chi connectivity index (χ2v) is 20.7. The Labute approximate surface area is 461 Å². The highest BCUT2D eigenvalue weighted by molar-refractivity contribution is 9.10. The van der Waals surface area contributed by atoms with E-state index < -0.39 is 54.3 Å². The Kier molecular flexibility index (Phi) is 18.6. The summed E-state index contributed by atoms with van der Waals surface area (Å²) < 4.78 is 38.9. The van der Waals surface area contributed by atoms with Gasteiger partial charge in [-0.3, -0.25) is 19.2 Å². The third kappa shape index (κ3) is 12.0. The maximum absolute atomic E-state index is 13.6. The van der Waals surface area contributed by atoms with Crippen LogP contribution in [0.5, 0.6) is 0 Å². The van der Waals surface area contributed by atoms with Gasteiger partial charge in [-0.05, 0) is 123 Å². The molecule has 6 N–H and O–H groups in total. The van der Waals surface area contributed by atoms with Crippen molar-refractivity contribution in [3.8, 4) is 0 Å². The highest BCUT2D eigenvalue weighted by Gasteiger charge is 2.60. The quantitative estimate of drug-likeness (QED) is 0.0966. The van der Waals surface area contributed by atoms with Crippen molar-refractivity contribution >= 4 is 91.2 Å². The predicted octanol–water partition coefficient (Wildman–Crippen LogP) is 9.53. The number of urea groups is 2. The molecule has 4 saturated heterocycles. The number of carbonyl (C=O) groups is 8. The fourth-order valence-corrected chi connectivity index (χ4v) is 11.9. The molecule has 4 heterocycles. The van der Waals surface area contributed by atoms with Crippen molar-refractivity contribution < 1.29 is 61.7 Å². The lowest BCUT2D eigenvalue weighted by Gasteiger charge is -2.30. The van der Waals surface area contributed by atoms with Gasteiger partial charge in [-0.25, -0.2) is 37.8 Å². The van der Waals surface area contributed by atoms with Crippen LogP contribution in [0.4, 0.5) is 39.3 Å². The van der Waals surface area contributed by atoms with Crippen molar-refractivity contribution in [2.45, 2.75) is 115 Å². The Balaban J connectivity index is 0.000000205. The van der Waals surface area contributed by atoms with E-state index >= 15 is 0 Å². The zero-order valence-electron chi connectivity index (χ0n) is 41.2. The Bertz CT molecular complexity index is 3010. The molecule has 2 aliphatic carbocycles. The summed E-state index contributed by atoms with van der Waals surface area (Å²) in [6.07, 6.45) is 3.37. The first-order valence-corrected chi connectivity index (χ1v) is 25.8. The number of rotatable bonds is 8. The van der Waals surface area contributed by atoms with Crippen LogP contribution in [-0.4, -0.2) is 107 Å². The number of fused-ring (bicyclic) bond motifs is 4. The van der Waals surface area contributed by atoms with E-state index in [0.717, 1.165) is 44.5 Å². The molecule has 4 fully saturated rings. The summed E-state index contributed by atoms with van der Waals surface area (Å²) in [4.78, 5) is 101. The van der Waals surface area contributed by atoms with Gasteiger partial charge < -0.3 is 46.1 Å². The fraction of sp³-hybridized carbons (Fsp3) is 0.407. The van der Waals surface area contributed by atoms with Crippen molar-refractivity contribution in [3.63, 3.8) is 0 Å². The van der Waals surface area contributed by atoms with Crippen molar-refractivity contribution in [2.75, 3.05) is 37.8 Å². The fourth-order valence-electron chi connectivity index (χ4n) is 10.6. The number of hydrogen-bond acceptors (Lipinski definition) is 11. The molecule has 4 aliphatic heterocycles. The number of nitrogens with zero attached hydrogens (tertiary/aromatic N) is 3. The number of benzene rings is 4. The smallest absolute Gasteiger partial charge is 0.418 e. The lowest BCUT2D eigenvalue weighted by molar-refractivity contribution is -0.144. The lowest BCUT2D eigenvalue weighted by atomic mass is 9.94. The number of likely N-dealkylation sites (tertiary alicyclic amines) is 1. The molecule has 4 unspecified atom stereocenters. The third-order valence-electron chi connectivity index (χ3n) is 14.3. The van der Waals surface area contributed by atoms with Gasteiger partial charge in [-0.1, -0.05) is 71.0 Å². The SMILES string of the molecule is C.C.CC1CCC(c2ccc(F)cc2Br)N1.CNC(=O)Nc1ccc2c(c1)CC[C@@]21OC(=O)N(CC(=O)N2C(C)CCC2c2ccc(F)cc2Br)C1=O.CNC(=O)Nc1ccc2c(c1)CC[C@@]21OC(=O)N(CC(=O)O)C1=O. The Morgan fingerprint density at radius 3 is 1.60 bits per heavy atom. The van der Waals surface area contributed by atoms with Crippen LogP contribution in [0.1, 0.15) is 113 Å². The number of halogens is 4. The second kappa shape index (κ2) is 24.1. The topological polar surface area (TPSA) is 245 Å². The summed E-state index contributed by atoms with van der Waals surface area (Å²) in [6, 6.07) is 19.0. The number of imide groups is 2.